The van der Waals surface area contributed by atoms with Crippen molar-refractivity contribution in [3.8, 4) is 62.8 Å². The van der Waals surface area contributed by atoms with Crippen LogP contribution in [0.4, 0.5) is 0 Å². The summed E-state index contributed by atoms with van der Waals surface area (Å²) >= 11 is 3.68. The minimum absolute atomic E-state index is 0.0387. The van der Waals surface area contributed by atoms with Crippen LogP contribution in [0.1, 0.15) is 0 Å². The first-order chi connectivity index (χ1) is 25.7. The topological polar surface area (TPSA) is 193 Å². The molecule has 53 heavy (non-hydrogen) atoms. The van der Waals surface area contributed by atoms with E-state index in [1.807, 2.05) is 72.8 Å². The monoisotopic (exact) mass is 762 g/mol. The molecule has 2 aliphatic heterocycles. The number of nitrogens with zero attached hydrogens (tertiary/aromatic N) is 6. The van der Waals surface area contributed by atoms with Gasteiger partial charge in [-0.2, -0.15) is 0 Å². The molecule has 10 rings (SSSR count). The number of phenols is 2. The second kappa shape index (κ2) is 12.5. The molecule has 4 N–H and O–H groups in total. The van der Waals surface area contributed by atoms with Gasteiger partial charge in [0, 0.05) is 5.39 Å². The number of aromatic nitrogens is 8. The van der Waals surface area contributed by atoms with Crippen LogP contribution in [0.25, 0.3) is 89.7 Å². The molecule has 0 aliphatic carbocycles. The van der Waals surface area contributed by atoms with Crippen LogP contribution in [-0.2, 0) is 23.2 Å². The first kappa shape index (κ1) is 32.2. The average molecular weight is 763 g/mol. The molecule has 0 amide bonds. The van der Waals surface area contributed by atoms with Crippen molar-refractivity contribution in [1.29, 1.82) is 0 Å². The van der Waals surface area contributed by atoms with Crippen molar-refractivity contribution in [3.05, 3.63) is 115 Å². The number of H-pyrrole nitrogens is 2. The molecular weight excluding hydrogens is 739 g/mol. The third-order valence-corrected chi connectivity index (χ3v) is 9.21. The molecule has 5 heterocycles. The maximum Gasteiger partial charge on any atom is 0.115 e. The van der Waals surface area contributed by atoms with Crippen LogP contribution in [0.5, 0.6) is 17.2 Å². The van der Waals surface area contributed by atoms with Gasteiger partial charge in [-0.05, 0) is 24.3 Å². The molecule has 0 saturated heterocycles. The zero-order valence-electron chi connectivity index (χ0n) is 27.0. The third-order valence-electron chi connectivity index (χ3n) is 8.58. The van der Waals surface area contributed by atoms with Crippen molar-refractivity contribution >= 4 is 52.7 Å². The first-order valence-corrected chi connectivity index (χ1v) is 18.6. The summed E-state index contributed by atoms with van der Waals surface area (Å²) in [6.07, 6.45) is 0. The molecule has 260 valence electrons. The van der Waals surface area contributed by atoms with Crippen molar-refractivity contribution < 1.29 is 37.4 Å². The Bertz CT molecular complexity index is 3030. The van der Waals surface area contributed by atoms with E-state index in [0.29, 0.717) is 56.7 Å². The summed E-state index contributed by atoms with van der Waals surface area (Å²) in [6, 6.07) is 34.0. The fraction of sp³-hybridized carbons (Fsp3) is 0. The molecule has 0 unspecified atom stereocenters. The Morgan fingerprint density at radius 2 is 0.849 bits per heavy atom. The number of fused-ring (bicyclic) bond motifs is 20. The summed E-state index contributed by atoms with van der Waals surface area (Å²) in [6.45, 7) is 0. The summed E-state index contributed by atoms with van der Waals surface area (Å²) in [5, 5.41) is 20.0. The van der Waals surface area contributed by atoms with Gasteiger partial charge in [-0.3, -0.25) is 0 Å². The van der Waals surface area contributed by atoms with Crippen LogP contribution in [0.2, 0.25) is 0 Å². The van der Waals surface area contributed by atoms with Gasteiger partial charge >= 0.3 is 232 Å². The molecule has 5 aromatic carbocycles. The maximum atomic E-state index is 12.1. The van der Waals surface area contributed by atoms with Crippen molar-refractivity contribution in [2.45, 2.75) is 0 Å². The molecule has 13 nitrogen and oxygen atoms in total. The molecular formula is C38H23CoN8O5S. The zero-order chi connectivity index (χ0) is 36.3. The summed E-state index contributed by atoms with van der Waals surface area (Å²) in [5.41, 5.74) is 5.06. The van der Waals surface area contributed by atoms with Crippen molar-refractivity contribution in [1.82, 2.24) is 39.9 Å². The molecule has 0 fully saturated rings. The Balaban J connectivity index is 0.000000415. The summed E-state index contributed by atoms with van der Waals surface area (Å²) in [4.78, 5) is 36.1. The van der Waals surface area contributed by atoms with Gasteiger partial charge in [0.25, 0.3) is 0 Å². The standard InChI is InChI=1S/C32H17N8O3S.C6H6O2.Co/c41-44(42)43-23-15-7-14-22-24(23)32-39-30-21-13-6-5-12-20(21)28(37-30)35-26-17-9-2-1-8-16(17)25(33-26)34-27-18-10-3-4-11-19(18)29(36-27)38-31(22)40-32;7-5-1-2-6(8)4-3-5;/h1-15H,(H2,33,34,35,36,37,38,39,40);1-4,7-8H;. The third kappa shape index (κ3) is 5.97. The van der Waals surface area contributed by atoms with E-state index in [2.05, 4.69) is 24.6 Å². The predicted molar refractivity (Wildman–Crippen MR) is 195 cm³/mol. The minimum atomic E-state index is -4.16. The number of benzene rings is 5. The van der Waals surface area contributed by atoms with Crippen LogP contribution in [0.15, 0.2) is 115 Å². The van der Waals surface area contributed by atoms with Gasteiger partial charge in [-0.25, -0.2) is 0 Å². The molecule has 0 radical (unpaired) electrons. The SMILES string of the molecule is O=[S](=O)([Co])Oc1cccc2c3nc4nc(nc5[nH]c(nc6nc(nc([nH]3)c12)-c1ccccc1-6)c1ccccc51)-c1ccccc1-4.Oc1ccc(O)cc1. The summed E-state index contributed by atoms with van der Waals surface area (Å²) in [7, 11) is -4.16. The molecule has 0 atom stereocenters. The predicted octanol–water partition coefficient (Wildman–Crippen LogP) is 7.14. The van der Waals surface area contributed by atoms with Gasteiger partial charge in [0.1, 0.15) is 11.5 Å². The van der Waals surface area contributed by atoms with Crippen molar-refractivity contribution in [2.24, 2.45) is 0 Å². The second-order valence-electron chi connectivity index (χ2n) is 11.9. The Hall–Kier alpha value is -6.68. The quantitative estimate of drug-likeness (QED) is 0.131. The van der Waals surface area contributed by atoms with Crippen LogP contribution < -0.4 is 4.18 Å². The smallest absolute Gasteiger partial charge is 0.115 e. The van der Waals surface area contributed by atoms with E-state index in [4.69, 9.17) is 44.3 Å². The van der Waals surface area contributed by atoms with E-state index >= 15 is 0 Å². The number of hydrogen-bond acceptors (Lipinski definition) is 11. The molecule has 0 spiro atoms. The maximum absolute atomic E-state index is 12.1. The number of aromatic hydroxyl groups is 2. The van der Waals surface area contributed by atoms with Crippen LogP contribution >= 0.6 is 0 Å². The summed E-state index contributed by atoms with van der Waals surface area (Å²) < 4.78 is 29.5. The Morgan fingerprint density at radius 1 is 0.472 bits per heavy atom. The number of aromatic amines is 2. The van der Waals surface area contributed by atoms with Gasteiger partial charge in [0.2, 0.25) is 0 Å². The summed E-state index contributed by atoms with van der Waals surface area (Å²) in [5.74, 6) is 2.14. The molecule has 8 aromatic rings. The minimum Gasteiger partial charge on any atom is -0.508 e. The molecule has 2 aliphatic rings. The molecule has 8 bridgehead atoms. The normalized spacial score (nSPS) is 11.8. The average Bonchev–Trinajstić information content (AvgIpc) is 3.89. The van der Waals surface area contributed by atoms with E-state index in [1.165, 1.54) is 30.3 Å². The Morgan fingerprint density at radius 3 is 1.30 bits per heavy atom. The molecule has 0 saturated carbocycles. The van der Waals surface area contributed by atoms with Crippen molar-refractivity contribution in [3.63, 3.8) is 0 Å². The zero-order valence-corrected chi connectivity index (χ0v) is 28.9. The number of nitrogens with one attached hydrogen (secondary N) is 2. The van der Waals surface area contributed by atoms with E-state index in [1.54, 1.807) is 12.1 Å². The van der Waals surface area contributed by atoms with Crippen LogP contribution in [0, 0.1) is 0 Å². The van der Waals surface area contributed by atoms with Gasteiger partial charge < -0.3 is 10.2 Å². The van der Waals surface area contributed by atoms with Crippen LogP contribution in [-0.4, -0.2) is 58.5 Å². The van der Waals surface area contributed by atoms with E-state index in [0.717, 1.165) is 33.0 Å². The fourth-order valence-electron chi connectivity index (χ4n) is 6.28. The van der Waals surface area contributed by atoms with Crippen molar-refractivity contribution in [2.75, 3.05) is 0 Å². The first-order valence-electron chi connectivity index (χ1n) is 16.0. The number of rotatable bonds is 2. The fourth-order valence-corrected chi connectivity index (χ4v) is 6.91. The largest absolute Gasteiger partial charge is 0.508 e. The van der Waals surface area contributed by atoms with Gasteiger partial charge in [-0.1, -0.05) is 24.3 Å². The Labute approximate surface area is 306 Å². The van der Waals surface area contributed by atoms with E-state index < -0.39 is 8.59 Å². The van der Waals surface area contributed by atoms with Crippen LogP contribution in [0.3, 0.4) is 0 Å². The van der Waals surface area contributed by atoms with Gasteiger partial charge in [-0.15, -0.1) is 0 Å². The van der Waals surface area contributed by atoms with Gasteiger partial charge in [0.05, 0.1) is 0 Å². The Kier molecular flexibility index (Phi) is 7.62. The second-order valence-corrected chi connectivity index (χ2v) is 14.4. The van der Waals surface area contributed by atoms with E-state index in [9.17, 15) is 8.42 Å². The number of hydrogen-bond donors (Lipinski definition) is 4. The van der Waals surface area contributed by atoms with Gasteiger partial charge in [0.15, 0.2) is 0 Å². The van der Waals surface area contributed by atoms with E-state index in [-0.39, 0.29) is 17.2 Å². The number of phenolic OH excluding ortho intramolecular Hbond substituents is 2. The molecule has 15 heteroatoms. The molecule has 3 aromatic heterocycles.